The summed E-state index contributed by atoms with van der Waals surface area (Å²) in [7, 11) is 1.59. The predicted octanol–water partition coefficient (Wildman–Crippen LogP) is 5.89. The van der Waals surface area contributed by atoms with E-state index in [4.69, 9.17) is 41.0 Å². The lowest BCUT2D eigenvalue weighted by Crippen LogP contribution is -2.03. The van der Waals surface area contributed by atoms with E-state index in [1.165, 1.54) is 0 Å². The van der Waals surface area contributed by atoms with Crippen LogP contribution in [0.4, 0.5) is 0 Å². The average molecular weight is 543 g/mol. The maximum Gasteiger partial charge on any atom is 0.263 e. The molecule has 0 radical (unpaired) electrons. The lowest BCUT2D eigenvalue weighted by Gasteiger charge is -2.12. The molecule has 0 saturated carbocycles. The zero-order valence-electron chi connectivity index (χ0n) is 21.4. The van der Waals surface area contributed by atoms with Crippen LogP contribution >= 0.6 is 12.2 Å². The molecule has 9 nitrogen and oxygen atoms in total. The average Bonchev–Trinajstić information content (AvgIpc) is 3.70. The van der Waals surface area contributed by atoms with E-state index in [0.29, 0.717) is 40.5 Å². The maximum atomic E-state index is 6.09. The molecule has 2 aromatic carbocycles. The molecule has 5 aromatic rings. The number of methoxy groups -OCH3 is 1. The van der Waals surface area contributed by atoms with Crippen LogP contribution in [-0.4, -0.2) is 26.9 Å². The zero-order valence-corrected chi connectivity index (χ0v) is 22.2. The summed E-state index contributed by atoms with van der Waals surface area (Å²) in [6.45, 7) is 2.29. The van der Waals surface area contributed by atoms with Gasteiger partial charge >= 0.3 is 0 Å². The molecule has 3 aromatic heterocycles. The largest absolute Gasteiger partial charge is 0.493 e. The number of thiocarbonyl (C=S) groups is 1. The molecular weight excluding hydrogens is 516 g/mol. The van der Waals surface area contributed by atoms with Crippen molar-refractivity contribution in [1.82, 2.24) is 14.8 Å². The Morgan fingerprint density at radius 3 is 2.64 bits per heavy atom. The molecule has 198 valence electrons. The monoisotopic (exact) mass is 542 g/mol. The third kappa shape index (κ3) is 6.19. The molecule has 3 heterocycles. The van der Waals surface area contributed by atoms with Gasteiger partial charge in [-0.15, -0.1) is 5.10 Å². The van der Waals surface area contributed by atoms with Crippen molar-refractivity contribution in [2.24, 2.45) is 5.73 Å². The van der Waals surface area contributed by atoms with Crippen molar-refractivity contribution in [2.45, 2.75) is 20.1 Å². The number of rotatable bonds is 11. The predicted molar refractivity (Wildman–Crippen MR) is 150 cm³/mol. The van der Waals surface area contributed by atoms with E-state index in [-0.39, 0.29) is 18.2 Å². The normalized spacial score (nSPS) is 11.1. The third-order valence-corrected chi connectivity index (χ3v) is 5.88. The van der Waals surface area contributed by atoms with Crippen molar-refractivity contribution < 1.29 is 23.0 Å². The van der Waals surface area contributed by atoms with Gasteiger partial charge in [0, 0.05) is 6.20 Å². The molecule has 0 aliphatic carbocycles. The Kier molecular flexibility index (Phi) is 7.74. The van der Waals surface area contributed by atoms with E-state index in [1.807, 2.05) is 61.7 Å². The molecule has 39 heavy (non-hydrogen) atoms. The van der Waals surface area contributed by atoms with Gasteiger partial charge in [-0.25, -0.2) is 9.67 Å². The first-order chi connectivity index (χ1) is 19.0. The number of hydrogen-bond acceptors (Lipinski definition) is 8. The van der Waals surface area contributed by atoms with Gasteiger partial charge in [0.25, 0.3) is 5.89 Å². The van der Waals surface area contributed by atoms with E-state index in [2.05, 4.69) is 10.1 Å². The van der Waals surface area contributed by atoms with Gasteiger partial charge in [-0.3, -0.25) is 0 Å². The van der Waals surface area contributed by atoms with E-state index < -0.39 is 0 Å². The second-order valence-corrected chi connectivity index (χ2v) is 8.94. The van der Waals surface area contributed by atoms with Crippen molar-refractivity contribution >= 4 is 23.3 Å². The van der Waals surface area contributed by atoms with Crippen LogP contribution < -0.4 is 19.9 Å². The SMILES string of the molecule is COc1cc(COc2nn(-c3ccccc3)cc2C=CC(N)=S)ccc1OCc1nc(-c2ccco2)oc1C. The van der Waals surface area contributed by atoms with Crippen LogP contribution in [-0.2, 0) is 13.2 Å². The lowest BCUT2D eigenvalue weighted by molar-refractivity contribution is 0.275. The fourth-order valence-corrected chi connectivity index (χ4v) is 3.84. The molecule has 5 rings (SSSR count). The van der Waals surface area contributed by atoms with Gasteiger partial charge < -0.3 is 28.8 Å². The van der Waals surface area contributed by atoms with Gasteiger partial charge in [0.1, 0.15) is 24.7 Å². The number of ether oxygens (including phenoxy) is 3. The van der Waals surface area contributed by atoms with Gasteiger partial charge in [-0.1, -0.05) is 36.5 Å². The molecule has 10 heteroatoms. The molecular formula is C29H26N4O5S. The molecule has 0 bridgehead atoms. The van der Waals surface area contributed by atoms with Crippen LogP contribution in [0.25, 0.3) is 23.4 Å². The van der Waals surface area contributed by atoms with Gasteiger partial charge in [0.05, 0.1) is 29.6 Å². The molecule has 0 fully saturated rings. The molecule has 0 amide bonds. The Labute approximate surface area is 230 Å². The molecule has 0 aliphatic heterocycles. The van der Waals surface area contributed by atoms with E-state index in [0.717, 1.165) is 16.8 Å². The molecule has 2 N–H and O–H groups in total. The third-order valence-electron chi connectivity index (χ3n) is 5.75. The van der Waals surface area contributed by atoms with E-state index >= 15 is 0 Å². The van der Waals surface area contributed by atoms with Crippen LogP contribution in [0.15, 0.2) is 88.0 Å². The molecule has 0 unspecified atom stereocenters. The number of aryl methyl sites for hydroxylation is 1. The highest BCUT2D eigenvalue weighted by atomic mass is 32.1. The fraction of sp³-hybridized carbons (Fsp3) is 0.138. The maximum absolute atomic E-state index is 6.09. The Hall–Kier alpha value is -4.83. The summed E-state index contributed by atoms with van der Waals surface area (Å²) in [6, 6.07) is 18.9. The topological polar surface area (TPSA) is 111 Å². The number of oxazole rings is 1. The number of aromatic nitrogens is 3. The summed E-state index contributed by atoms with van der Waals surface area (Å²) in [5.74, 6) is 3.20. The van der Waals surface area contributed by atoms with Crippen molar-refractivity contribution in [3.63, 3.8) is 0 Å². The Morgan fingerprint density at radius 2 is 1.90 bits per heavy atom. The molecule has 0 atom stereocenters. The van der Waals surface area contributed by atoms with Crippen LogP contribution in [0.3, 0.4) is 0 Å². The first-order valence-electron chi connectivity index (χ1n) is 12.1. The summed E-state index contributed by atoms with van der Waals surface area (Å²) in [5.41, 5.74) is 8.84. The smallest absolute Gasteiger partial charge is 0.263 e. The molecule has 0 aliphatic rings. The number of nitrogens with zero attached hydrogens (tertiary/aromatic N) is 3. The highest BCUT2D eigenvalue weighted by Gasteiger charge is 2.16. The second kappa shape index (κ2) is 11.7. The van der Waals surface area contributed by atoms with Crippen LogP contribution in [0.2, 0.25) is 0 Å². The summed E-state index contributed by atoms with van der Waals surface area (Å²) < 4.78 is 30.5. The van der Waals surface area contributed by atoms with Gasteiger partial charge in [-0.05, 0) is 61.0 Å². The molecule has 0 saturated heterocycles. The summed E-state index contributed by atoms with van der Waals surface area (Å²) in [4.78, 5) is 4.75. The lowest BCUT2D eigenvalue weighted by atomic mass is 10.2. The summed E-state index contributed by atoms with van der Waals surface area (Å²) in [6.07, 6.45) is 6.85. The van der Waals surface area contributed by atoms with Gasteiger partial charge in [0.15, 0.2) is 17.3 Å². The Balaban J connectivity index is 1.29. The first-order valence-corrected chi connectivity index (χ1v) is 12.5. The van der Waals surface area contributed by atoms with Crippen molar-refractivity contribution in [3.05, 3.63) is 102 Å². The second-order valence-electron chi connectivity index (χ2n) is 8.47. The quantitative estimate of drug-likeness (QED) is 0.161. The van der Waals surface area contributed by atoms with E-state index in [1.54, 1.807) is 42.3 Å². The highest BCUT2D eigenvalue weighted by Crippen LogP contribution is 2.31. The minimum absolute atomic E-state index is 0.206. The minimum Gasteiger partial charge on any atom is -0.493 e. The van der Waals surface area contributed by atoms with Gasteiger partial charge in [0.2, 0.25) is 5.88 Å². The summed E-state index contributed by atoms with van der Waals surface area (Å²) >= 11 is 4.98. The van der Waals surface area contributed by atoms with Crippen LogP contribution in [0.5, 0.6) is 17.4 Å². The minimum atomic E-state index is 0.206. The highest BCUT2D eigenvalue weighted by molar-refractivity contribution is 7.80. The Bertz CT molecular complexity index is 1590. The first kappa shape index (κ1) is 25.8. The zero-order chi connectivity index (χ0) is 27.2. The fourth-order valence-electron chi connectivity index (χ4n) is 3.77. The van der Waals surface area contributed by atoms with Gasteiger partial charge in [-0.2, -0.15) is 0 Å². The Morgan fingerprint density at radius 1 is 1.05 bits per heavy atom. The van der Waals surface area contributed by atoms with Crippen molar-refractivity contribution in [1.29, 1.82) is 0 Å². The number of furan rings is 1. The molecule has 0 spiro atoms. The number of benzene rings is 2. The number of hydrogen-bond donors (Lipinski definition) is 1. The standard InChI is InChI=1S/C29H26N4O5S/c1-19-23(31-29(38-19)25-9-6-14-35-25)18-36-24-12-10-20(15-26(24)34-2)17-37-28-21(11-13-27(30)39)16-33(32-28)22-7-4-3-5-8-22/h3-16H,17-18H2,1-2H3,(H2,30,39). The summed E-state index contributed by atoms with van der Waals surface area (Å²) in [5, 5.41) is 4.61. The van der Waals surface area contributed by atoms with Crippen LogP contribution in [0, 0.1) is 6.92 Å². The van der Waals surface area contributed by atoms with E-state index in [9.17, 15) is 0 Å². The number of nitrogens with two attached hydrogens (primary N) is 1. The van der Waals surface area contributed by atoms with Crippen molar-refractivity contribution in [2.75, 3.05) is 7.11 Å². The number of para-hydroxylation sites is 1. The van der Waals surface area contributed by atoms with Crippen molar-refractivity contribution in [3.8, 4) is 34.7 Å². The van der Waals surface area contributed by atoms with Crippen LogP contribution in [0.1, 0.15) is 22.6 Å².